The van der Waals surface area contributed by atoms with Crippen LogP contribution in [0.25, 0.3) is 0 Å². The van der Waals surface area contributed by atoms with Crippen molar-refractivity contribution >= 4 is 11.9 Å². The first-order valence-electron chi connectivity index (χ1n) is 5.07. The summed E-state index contributed by atoms with van der Waals surface area (Å²) in [6.07, 6.45) is 1.95. The molecule has 0 aromatic carbocycles. The minimum Gasteiger partial charge on any atom is -0.388 e. The number of carbonyl (C=O) groups excluding carboxylic acids is 1. The number of aliphatic hydroxyl groups is 1. The van der Waals surface area contributed by atoms with Crippen LogP contribution in [0.3, 0.4) is 0 Å². The standard InChI is InChI=1S/C9H17N5O2/c1-3-9(2,16)5-11-7(15)4-14-6-12-8(10)13-14/h6,16H,3-5H2,1-2H3,(H2,10,13)(H,11,15). The van der Waals surface area contributed by atoms with Gasteiger partial charge in [-0.1, -0.05) is 6.92 Å². The molecule has 0 bridgehead atoms. The van der Waals surface area contributed by atoms with Crippen molar-refractivity contribution in [3.05, 3.63) is 6.33 Å². The molecule has 0 radical (unpaired) electrons. The molecule has 1 atom stereocenters. The zero-order chi connectivity index (χ0) is 12.2. The summed E-state index contributed by atoms with van der Waals surface area (Å²) in [5.41, 5.74) is 4.43. The van der Waals surface area contributed by atoms with E-state index in [0.29, 0.717) is 6.42 Å². The molecule has 0 saturated carbocycles. The molecular formula is C9H17N5O2. The summed E-state index contributed by atoms with van der Waals surface area (Å²) in [7, 11) is 0. The highest BCUT2D eigenvalue weighted by atomic mass is 16.3. The van der Waals surface area contributed by atoms with Crippen molar-refractivity contribution in [2.75, 3.05) is 12.3 Å². The molecule has 0 aliphatic rings. The van der Waals surface area contributed by atoms with Crippen molar-refractivity contribution in [1.29, 1.82) is 0 Å². The summed E-state index contributed by atoms with van der Waals surface area (Å²) in [4.78, 5) is 15.1. The van der Waals surface area contributed by atoms with E-state index >= 15 is 0 Å². The zero-order valence-electron chi connectivity index (χ0n) is 9.47. The molecule has 1 aromatic heterocycles. The second kappa shape index (κ2) is 4.93. The lowest BCUT2D eigenvalue weighted by Gasteiger charge is -2.21. The molecule has 0 saturated heterocycles. The molecular weight excluding hydrogens is 210 g/mol. The van der Waals surface area contributed by atoms with Crippen LogP contribution in [-0.2, 0) is 11.3 Å². The summed E-state index contributed by atoms with van der Waals surface area (Å²) in [6, 6.07) is 0. The molecule has 90 valence electrons. The molecule has 1 amide bonds. The Bertz CT molecular complexity index is 361. The van der Waals surface area contributed by atoms with Crippen molar-refractivity contribution in [3.63, 3.8) is 0 Å². The zero-order valence-corrected chi connectivity index (χ0v) is 9.47. The maximum atomic E-state index is 11.4. The molecule has 1 heterocycles. The van der Waals surface area contributed by atoms with Gasteiger partial charge in [0.15, 0.2) is 0 Å². The molecule has 1 aromatic rings. The van der Waals surface area contributed by atoms with Gasteiger partial charge in [0.1, 0.15) is 12.9 Å². The first-order valence-corrected chi connectivity index (χ1v) is 5.07. The molecule has 0 spiro atoms. The van der Waals surface area contributed by atoms with Crippen LogP contribution in [0, 0.1) is 0 Å². The van der Waals surface area contributed by atoms with E-state index in [9.17, 15) is 9.90 Å². The van der Waals surface area contributed by atoms with E-state index in [0.717, 1.165) is 0 Å². The molecule has 0 fully saturated rings. The Morgan fingerprint density at radius 3 is 2.94 bits per heavy atom. The largest absolute Gasteiger partial charge is 0.388 e. The first kappa shape index (κ1) is 12.4. The smallest absolute Gasteiger partial charge is 0.241 e. The van der Waals surface area contributed by atoms with Gasteiger partial charge >= 0.3 is 0 Å². The van der Waals surface area contributed by atoms with Crippen LogP contribution in [0.4, 0.5) is 5.95 Å². The predicted molar refractivity (Wildman–Crippen MR) is 58.4 cm³/mol. The number of nitrogens with zero attached hydrogens (tertiary/aromatic N) is 3. The third kappa shape index (κ3) is 3.85. The number of carbonyl (C=O) groups is 1. The Labute approximate surface area is 93.7 Å². The van der Waals surface area contributed by atoms with E-state index in [4.69, 9.17) is 5.73 Å². The van der Waals surface area contributed by atoms with E-state index in [-0.39, 0.29) is 24.9 Å². The Hall–Kier alpha value is -1.63. The average Bonchev–Trinajstić information content (AvgIpc) is 2.61. The highest BCUT2D eigenvalue weighted by molar-refractivity contribution is 5.75. The van der Waals surface area contributed by atoms with Crippen LogP contribution in [-0.4, -0.2) is 37.9 Å². The number of nitrogen functional groups attached to an aromatic ring is 1. The van der Waals surface area contributed by atoms with Gasteiger partial charge in [-0.05, 0) is 13.3 Å². The van der Waals surface area contributed by atoms with Crippen molar-refractivity contribution in [3.8, 4) is 0 Å². The van der Waals surface area contributed by atoms with Crippen molar-refractivity contribution < 1.29 is 9.90 Å². The fourth-order valence-corrected chi connectivity index (χ4v) is 1.00. The van der Waals surface area contributed by atoms with E-state index in [1.54, 1.807) is 6.92 Å². The van der Waals surface area contributed by atoms with Crippen LogP contribution in [0.15, 0.2) is 6.33 Å². The van der Waals surface area contributed by atoms with Gasteiger partial charge in [-0.2, -0.15) is 0 Å². The summed E-state index contributed by atoms with van der Waals surface area (Å²) in [6.45, 7) is 3.78. The molecule has 0 aliphatic heterocycles. The molecule has 7 heteroatoms. The number of nitrogens with one attached hydrogen (secondary N) is 1. The number of rotatable bonds is 5. The van der Waals surface area contributed by atoms with Gasteiger partial charge in [0.2, 0.25) is 11.9 Å². The van der Waals surface area contributed by atoms with Gasteiger partial charge in [-0.15, -0.1) is 5.10 Å². The third-order valence-electron chi connectivity index (χ3n) is 2.29. The summed E-state index contributed by atoms with van der Waals surface area (Å²) in [5, 5.41) is 16.1. The quantitative estimate of drug-likeness (QED) is 0.606. The fraction of sp³-hybridized carbons (Fsp3) is 0.667. The maximum Gasteiger partial charge on any atom is 0.241 e. The number of amides is 1. The van der Waals surface area contributed by atoms with Crippen LogP contribution in [0.5, 0.6) is 0 Å². The van der Waals surface area contributed by atoms with Gasteiger partial charge in [-0.25, -0.2) is 9.67 Å². The summed E-state index contributed by atoms with van der Waals surface area (Å²) in [5.74, 6) is -0.105. The number of anilines is 1. The molecule has 16 heavy (non-hydrogen) atoms. The highest BCUT2D eigenvalue weighted by Gasteiger charge is 2.18. The molecule has 4 N–H and O–H groups in total. The van der Waals surface area contributed by atoms with Gasteiger partial charge in [0.25, 0.3) is 0 Å². The Morgan fingerprint density at radius 2 is 2.44 bits per heavy atom. The van der Waals surface area contributed by atoms with Gasteiger partial charge < -0.3 is 16.2 Å². The average molecular weight is 227 g/mol. The topological polar surface area (TPSA) is 106 Å². The Morgan fingerprint density at radius 1 is 1.75 bits per heavy atom. The Kier molecular flexibility index (Phi) is 3.83. The van der Waals surface area contributed by atoms with E-state index in [2.05, 4.69) is 15.4 Å². The highest BCUT2D eigenvalue weighted by Crippen LogP contribution is 2.05. The number of nitrogens with two attached hydrogens (primary N) is 1. The molecule has 0 aliphatic carbocycles. The second-order valence-electron chi connectivity index (χ2n) is 3.93. The number of hydrogen-bond donors (Lipinski definition) is 3. The molecule has 1 rings (SSSR count). The van der Waals surface area contributed by atoms with Crippen LogP contribution in [0.1, 0.15) is 20.3 Å². The monoisotopic (exact) mass is 227 g/mol. The van der Waals surface area contributed by atoms with Crippen molar-refractivity contribution in [2.45, 2.75) is 32.4 Å². The van der Waals surface area contributed by atoms with Crippen molar-refractivity contribution in [1.82, 2.24) is 20.1 Å². The molecule has 1 unspecified atom stereocenters. The van der Waals surface area contributed by atoms with E-state index in [1.165, 1.54) is 11.0 Å². The van der Waals surface area contributed by atoms with Gasteiger partial charge in [0.05, 0.1) is 5.60 Å². The predicted octanol–water partition coefficient (Wildman–Crippen LogP) is -0.862. The van der Waals surface area contributed by atoms with Crippen molar-refractivity contribution in [2.24, 2.45) is 0 Å². The van der Waals surface area contributed by atoms with Crippen LogP contribution in [0.2, 0.25) is 0 Å². The lowest BCUT2D eigenvalue weighted by atomic mass is 10.0. The maximum absolute atomic E-state index is 11.4. The fourth-order valence-electron chi connectivity index (χ4n) is 1.00. The SMILES string of the molecule is CCC(C)(O)CNC(=O)Cn1cnc(N)n1. The van der Waals surface area contributed by atoms with Gasteiger partial charge in [-0.3, -0.25) is 4.79 Å². The number of hydrogen-bond acceptors (Lipinski definition) is 5. The normalized spacial score (nSPS) is 14.4. The van der Waals surface area contributed by atoms with E-state index in [1.807, 2.05) is 6.92 Å². The minimum atomic E-state index is -0.878. The van der Waals surface area contributed by atoms with Gasteiger partial charge in [0, 0.05) is 6.54 Å². The number of aromatic nitrogens is 3. The van der Waals surface area contributed by atoms with Crippen LogP contribution >= 0.6 is 0 Å². The van der Waals surface area contributed by atoms with Crippen LogP contribution < -0.4 is 11.1 Å². The Balaban J connectivity index is 2.37. The lowest BCUT2D eigenvalue weighted by molar-refractivity contribution is -0.123. The van der Waals surface area contributed by atoms with E-state index < -0.39 is 5.60 Å². The third-order valence-corrected chi connectivity index (χ3v) is 2.29. The lowest BCUT2D eigenvalue weighted by Crippen LogP contribution is -2.41. The summed E-state index contributed by atoms with van der Waals surface area (Å²) < 4.78 is 1.34. The second-order valence-corrected chi connectivity index (χ2v) is 3.93. The molecule has 7 nitrogen and oxygen atoms in total. The first-order chi connectivity index (χ1) is 7.43. The summed E-state index contributed by atoms with van der Waals surface area (Å²) >= 11 is 0. The minimum absolute atomic E-state index is 0.0456.